The fourth-order valence-corrected chi connectivity index (χ4v) is 2.91. The first-order valence-electron chi connectivity index (χ1n) is 7.62. The first kappa shape index (κ1) is 16.0. The SMILES string of the molecule is Cc1nnc2n1CC(NC(=O)COCc1ccccc1Cl)CC2. The zero-order chi connectivity index (χ0) is 16.2. The van der Waals surface area contributed by atoms with Crippen molar-refractivity contribution in [3.63, 3.8) is 0 Å². The van der Waals surface area contributed by atoms with Crippen LogP contribution in [0.4, 0.5) is 0 Å². The van der Waals surface area contributed by atoms with Crippen LogP contribution in [0.25, 0.3) is 0 Å². The van der Waals surface area contributed by atoms with Crippen molar-refractivity contribution in [3.05, 3.63) is 46.5 Å². The number of hydrogen-bond acceptors (Lipinski definition) is 4. The summed E-state index contributed by atoms with van der Waals surface area (Å²) in [5.74, 6) is 1.76. The van der Waals surface area contributed by atoms with Gasteiger partial charge in [0.15, 0.2) is 0 Å². The maximum Gasteiger partial charge on any atom is 0.246 e. The molecule has 1 aliphatic rings. The second-order valence-electron chi connectivity index (χ2n) is 5.66. The Balaban J connectivity index is 1.45. The molecule has 6 nitrogen and oxygen atoms in total. The van der Waals surface area contributed by atoms with Gasteiger partial charge >= 0.3 is 0 Å². The van der Waals surface area contributed by atoms with E-state index in [4.69, 9.17) is 16.3 Å². The first-order chi connectivity index (χ1) is 11.1. The molecule has 1 amide bonds. The van der Waals surface area contributed by atoms with E-state index in [1.54, 1.807) is 6.07 Å². The van der Waals surface area contributed by atoms with Crippen LogP contribution in [0.1, 0.15) is 23.6 Å². The molecule has 1 aliphatic heterocycles. The molecule has 0 radical (unpaired) electrons. The number of ether oxygens (including phenoxy) is 1. The Morgan fingerprint density at radius 2 is 2.26 bits per heavy atom. The second-order valence-corrected chi connectivity index (χ2v) is 6.07. The number of halogens is 1. The number of nitrogens with one attached hydrogen (secondary N) is 1. The van der Waals surface area contributed by atoms with Gasteiger partial charge in [-0.1, -0.05) is 29.8 Å². The molecule has 7 heteroatoms. The lowest BCUT2D eigenvalue weighted by molar-refractivity contribution is -0.127. The van der Waals surface area contributed by atoms with Crippen LogP contribution in [-0.2, 0) is 29.1 Å². The van der Waals surface area contributed by atoms with Gasteiger partial charge < -0.3 is 14.6 Å². The van der Waals surface area contributed by atoms with E-state index in [0.29, 0.717) is 18.2 Å². The molecule has 0 spiro atoms. The van der Waals surface area contributed by atoms with Crippen molar-refractivity contribution in [1.29, 1.82) is 0 Å². The number of rotatable bonds is 5. The molecule has 1 atom stereocenters. The molecule has 122 valence electrons. The van der Waals surface area contributed by atoms with Crippen LogP contribution in [0.2, 0.25) is 5.02 Å². The topological polar surface area (TPSA) is 69.0 Å². The highest BCUT2D eigenvalue weighted by molar-refractivity contribution is 6.31. The second kappa shape index (κ2) is 7.10. The first-order valence-corrected chi connectivity index (χ1v) is 8.00. The summed E-state index contributed by atoms with van der Waals surface area (Å²) in [6.07, 6.45) is 1.70. The Labute approximate surface area is 139 Å². The lowest BCUT2D eigenvalue weighted by atomic mass is 10.1. The Hall–Kier alpha value is -1.92. The van der Waals surface area contributed by atoms with Crippen LogP contribution in [0, 0.1) is 6.92 Å². The summed E-state index contributed by atoms with van der Waals surface area (Å²) in [7, 11) is 0. The standard InChI is InChI=1S/C16H19ClN4O2/c1-11-19-20-15-7-6-13(8-21(11)15)18-16(22)10-23-9-12-4-2-3-5-14(12)17/h2-5,13H,6-10H2,1H3,(H,18,22). The van der Waals surface area contributed by atoms with Gasteiger partial charge in [-0.25, -0.2) is 0 Å². The molecule has 3 rings (SSSR count). The van der Waals surface area contributed by atoms with Crippen LogP contribution in [-0.4, -0.2) is 33.3 Å². The Bertz CT molecular complexity index is 701. The van der Waals surface area contributed by atoms with Crippen LogP contribution in [0.5, 0.6) is 0 Å². The monoisotopic (exact) mass is 334 g/mol. The van der Waals surface area contributed by atoms with Gasteiger partial charge in [0.25, 0.3) is 0 Å². The fourth-order valence-electron chi connectivity index (χ4n) is 2.72. The quantitative estimate of drug-likeness (QED) is 0.906. The number of amides is 1. The molecule has 0 aliphatic carbocycles. The summed E-state index contributed by atoms with van der Waals surface area (Å²) < 4.78 is 7.51. The molecule has 1 aromatic carbocycles. The third-order valence-electron chi connectivity index (χ3n) is 3.95. The van der Waals surface area contributed by atoms with E-state index in [9.17, 15) is 4.79 Å². The van der Waals surface area contributed by atoms with E-state index in [1.165, 1.54) is 0 Å². The average Bonchev–Trinajstić information content (AvgIpc) is 2.90. The average molecular weight is 335 g/mol. The van der Waals surface area contributed by atoms with E-state index in [-0.39, 0.29) is 18.6 Å². The predicted molar refractivity (Wildman–Crippen MR) is 86.1 cm³/mol. The van der Waals surface area contributed by atoms with E-state index >= 15 is 0 Å². The van der Waals surface area contributed by atoms with Gasteiger partial charge in [-0.05, 0) is 25.0 Å². The number of aryl methyl sites for hydroxylation is 2. The van der Waals surface area contributed by atoms with E-state index in [2.05, 4.69) is 20.1 Å². The van der Waals surface area contributed by atoms with Gasteiger partial charge in [0, 0.05) is 24.0 Å². The number of nitrogens with zero attached hydrogens (tertiary/aromatic N) is 3. The number of fused-ring (bicyclic) bond motifs is 1. The summed E-state index contributed by atoms with van der Waals surface area (Å²) in [5.41, 5.74) is 0.879. The minimum Gasteiger partial charge on any atom is -0.367 e. The van der Waals surface area contributed by atoms with Gasteiger partial charge in [0.2, 0.25) is 5.91 Å². The third-order valence-corrected chi connectivity index (χ3v) is 4.31. The fraction of sp³-hybridized carbons (Fsp3) is 0.438. The molecule has 1 unspecified atom stereocenters. The Kier molecular flexibility index (Phi) is 4.93. The summed E-state index contributed by atoms with van der Waals surface area (Å²) in [5, 5.41) is 11.8. The number of carbonyl (C=O) groups excluding carboxylic acids is 1. The van der Waals surface area contributed by atoms with Gasteiger partial charge in [-0.15, -0.1) is 10.2 Å². The summed E-state index contributed by atoms with van der Waals surface area (Å²) >= 11 is 6.05. The lowest BCUT2D eigenvalue weighted by Gasteiger charge is -2.24. The zero-order valence-corrected chi connectivity index (χ0v) is 13.7. The van der Waals surface area contributed by atoms with Crippen LogP contribution >= 0.6 is 11.6 Å². The number of hydrogen-bond donors (Lipinski definition) is 1. The molecule has 1 N–H and O–H groups in total. The van der Waals surface area contributed by atoms with Crippen molar-refractivity contribution in [2.24, 2.45) is 0 Å². The Morgan fingerprint density at radius 1 is 1.43 bits per heavy atom. The number of aromatic nitrogens is 3. The highest BCUT2D eigenvalue weighted by Crippen LogP contribution is 2.16. The zero-order valence-electron chi connectivity index (χ0n) is 13.0. The van der Waals surface area contributed by atoms with Crippen LogP contribution in [0.15, 0.2) is 24.3 Å². The molecule has 0 bridgehead atoms. The summed E-state index contributed by atoms with van der Waals surface area (Å²) in [4.78, 5) is 12.0. The van der Waals surface area contributed by atoms with Crippen LogP contribution in [0.3, 0.4) is 0 Å². The molecule has 2 aromatic rings. The highest BCUT2D eigenvalue weighted by Gasteiger charge is 2.22. The van der Waals surface area contributed by atoms with E-state index in [1.807, 2.05) is 25.1 Å². The van der Waals surface area contributed by atoms with Crippen molar-refractivity contribution < 1.29 is 9.53 Å². The predicted octanol–water partition coefficient (Wildman–Crippen LogP) is 1.89. The van der Waals surface area contributed by atoms with Crippen molar-refractivity contribution in [3.8, 4) is 0 Å². The van der Waals surface area contributed by atoms with Gasteiger partial charge in [-0.3, -0.25) is 4.79 Å². The normalized spacial score (nSPS) is 16.9. The molecule has 0 saturated carbocycles. The maximum atomic E-state index is 12.0. The number of benzene rings is 1. The number of carbonyl (C=O) groups is 1. The Morgan fingerprint density at radius 3 is 3.09 bits per heavy atom. The molecule has 2 heterocycles. The molecular formula is C16H19ClN4O2. The van der Waals surface area contributed by atoms with Gasteiger partial charge in [0.05, 0.1) is 6.61 Å². The lowest BCUT2D eigenvalue weighted by Crippen LogP contribution is -2.42. The van der Waals surface area contributed by atoms with Crippen molar-refractivity contribution >= 4 is 17.5 Å². The van der Waals surface area contributed by atoms with Crippen molar-refractivity contribution in [1.82, 2.24) is 20.1 Å². The van der Waals surface area contributed by atoms with Crippen molar-refractivity contribution in [2.75, 3.05) is 6.61 Å². The van der Waals surface area contributed by atoms with Gasteiger partial charge in [0.1, 0.15) is 18.3 Å². The minimum absolute atomic E-state index is 0.0236. The molecule has 23 heavy (non-hydrogen) atoms. The summed E-state index contributed by atoms with van der Waals surface area (Å²) in [6, 6.07) is 7.54. The van der Waals surface area contributed by atoms with E-state index < -0.39 is 0 Å². The largest absolute Gasteiger partial charge is 0.367 e. The molecule has 0 saturated heterocycles. The summed E-state index contributed by atoms with van der Waals surface area (Å²) in [6.45, 7) is 2.99. The van der Waals surface area contributed by atoms with E-state index in [0.717, 1.165) is 30.1 Å². The molecule has 1 aromatic heterocycles. The highest BCUT2D eigenvalue weighted by atomic mass is 35.5. The smallest absolute Gasteiger partial charge is 0.246 e. The maximum absolute atomic E-state index is 12.0. The minimum atomic E-state index is -0.115. The molecular weight excluding hydrogens is 316 g/mol. The third kappa shape index (κ3) is 3.89. The molecule has 0 fully saturated rings. The van der Waals surface area contributed by atoms with Gasteiger partial charge in [-0.2, -0.15) is 0 Å². The van der Waals surface area contributed by atoms with Crippen molar-refractivity contribution in [2.45, 2.75) is 39.0 Å². The van der Waals surface area contributed by atoms with Crippen LogP contribution < -0.4 is 5.32 Å².